The zero-order valence-corrected chi connectivity index (χ0v) is 7.10. The van der Waals surface area contributed by atoms with Crippen molar-refractivity contribution in [1.82, 2.24) is 0 Å². The molecule has 0 spiro atoms. The van der Waals surface area contributed by atoms with Gasteiger partial charge in [-0.3, -0.25) is 0 Å². The largest absolute Gasteiger partial charge is 0.385 e. The van der Waals surface area contributed by atoms with Crippen LogP contribution in [0.5, 0.6) is 0 Å². The van der Waals surface area contributed by atoms with Crippen LogP contribution in [0.3, 0.4) is 0 Å². The maximum Gasteiger partial charge on any atom is 0.108 e. The number of allylic oxidation sites excluding steroid dienone is 3. The maximum atomic E-state index is 5.37. The van der Waals surface area contributed by atoms with Gasteiger partial charge in [0, 0.05) is 0 Å². The predicted octanol–water partition coefficient (Wildman–Crippen LogP) is 1.69. The number of nitrogens with two attached hydrogens (primary N) is 2. The lowest BCUT2D eigenvalue weighted by atomic mass is 10.4. The molecule has 0 atom stereocenters. The number of rotatable bonds is 4. The van der Waals surface area contributed by atoms with E-state index in [4.69, 9.17) is 11.5 Å². The van der Waals surface area contributed by atoms with Gasteiger partial charge in [0.2, 0.25) is 0 Å². The molecule has 0 saturated heterocycles. The van der Waals surface area contributed by atoms with Crippen molar-refractivity contribution in [3.63, 3.8) is 0 Å². The van der Waals surface area contributed by atoms with E-state index in [1.807, 2.05) is 0 Å². The van der Waals surface area contributed by atoms with Gasteiger partial charge in [-0.15, -0.1) is 0 Å². The fourth-order valence-electron chi connectivity index (χ4n) is 0.449. The highest BCUT2D eigenvalue weighted by Gasteiger charge is 1.92. The van der Waals surface area contributed by atoms with Gasteiger partial charge < -0.3 is 11.5 Å². The van der Waals surface area contributed by atoms with Crippen LogP contribution in [0.1, 0.15) is 0 Å². The van der Waals surface area contributed by atoms with Crippen molar-refractivity contribution in [3.8, 4) is 0 Å². The lowest BCUT2D eigenvalue weighted by molar-refractivity contribution is 1.24. The molecule has 4 N–H and O–H groups in total. The minimum atomic E-state index is 0.299. The van der Waals surface area contributed by atoms with Crippen molar-refractivity contribution >= 4 is 11.8 Å². The van der Waals surface area contributed by atoms with E-state index in [1.54, 1.807) is 23.6 Å². The molecular formula is C8H12N2S. The highest BCUT2D eigenvalue weighted by Crippen LogP contribution is 2.17. The molecule has 0 rings (SSSR count). The average molecular weight is 168 g/mol. The van der Waals surface area contributed by atoms with Gasteiger partial charge in [-0.25, -0.2) is 0 Å². The minimum absolute atomic E-state index is 0.299. The van der Waals surface area contributed by atoms with Crippen LogP contribution in [0.2, 0.25) is 0 Å². The van der Waals surface area contributed by atoms with Gasteiger partial charge in [-0.1, -0.05) is 37.1 Å². The highest BCUT2D eigenvalue weighted by molar-refractivity contribution is 8.06. The Labute approximate surface area is 71.3 Å². The van der Waals surface area contributed by atoms with E-state index in [9.17, 15) is 0 Å². The third-order valence-electron chi connectivity index (χ3n) is 0.879. The topological polar surface area (TPSA) is 52.0 Å². The molecule has 0 aromatic heterocycles. The molecule has 0 bridgehead atoms. The molecular weight excluding hydrogens is 156 g/mol. The summed E-state index contributed by atoms with van der Waals surface area (Å²) in [6.45, 7) is 7.07. The van der Waals surface area contributed by atoms with Gasteiger partial charge in [0.15, 0.2) is 0 Å². The molecule has 0 aliphatic rings. The molecule has 0 unspecified atom stereocenters. The van der Waals surface area contributed by atoms with E-state index in [0.29, 0.717) is 5.82 Å². The molecule has 0 aliphatic carbocycles. The minimum Gasteiger partial charge on any atom is -0.385 e. The van der Waals surface area contributed by atoms with Gasteiger partial charge >= 0.3 is 0 Å². The van der Waals surface area contributed by atoms with E-state index in [1.165, 1.54) is 11.8 Å². The average Bonchev–Trinajstić information content (AvgIpc) is 1.97. The first-order valence-corrected chi connectivity index (χ1v) is 3.92. The molecule has 0 aromatic rings. The lowest BCUT2D eigenvalue weighted by Gasteiger charge is -1.98. The molecule has 11 heavy (non-hydrogen) atoms. The van der Waals surface area contributed by atoms with Crippen LogP contribution in [-0.4, -0.2) is 0 Å². The molecule has 2 nitrogen and oxygen atoms in total. The second-order valence-corrected chi connectivity index (χ2v) is 2.71. The standard InChI is InChI=1S/C8H12N2S/c1-3-5-6-7(8(9)10)11-4-2/h3-6H,1-2,9-10H2/b6-5-. The quantitative estimate of drug-likeness (QED) is 0.628. The summed E-state index contributed by atoms with van der Waals surface area (Å²) < 4.78 is 0. The molecule has 0 aliphatic heterocycles. The number of hydrogen-bond donors (Lipinski definition) is 2. The smallest absolute Gasteiger partial charge is 0.108 e. The van der Waals surface area contributed by atoms with E-state index in [2.05, 4.69) is 13.2 Å². The molecule has 0 radical (unpaired) electrons. The summed E-state index contributed by atoms with van der Waals surface area (Å²) in [6, 6.07) is 0. The second-order valence-electron chi connectivity index (χ2n) is 1.70. The van der Waals surface area contributed by atoms with E-state index in [-0.39, 0.29) is 0 Å². The van der Waals surface area contributed by atoms with Gasteiger partial charge in [-0.2, -0.15) is 0 Å². The maximum absolute atomic E-state index is 5.37. The number of hydrogen-bond acceptors (Lipinski definition) is 3. The molecule has 3 heteroatoms. The monoisotopic (exact) mass is 168 g/mol. The predicted molar refractivity (Wildman–Crippen MR) is 52.5 cm³/mol. The van der Waals surface area contributed by atoms with Crippen molar-refractivity contribution in [2.45, 2.75) is 0 Å². The Balaban J connectivity index is 4.35. The summed E-state index contributed by atoms with van der Waals surface area (Å²) >= 11 is 1.38. The second kappa shape index (κ2) is 5.68. The third kappa shape index (κ3) is 4.33. The molecule has 0 saturated carbocycles. The van der Waals surface area contributed by atoms with Crippen LogP contribution in [-0.2, 0) is 0 Å². The van der Waals surface area contributed by atoms with Crippen LogP contribution in [0, 0.1) is 0 Å². The summed E-state index contributed by atoms with van der Waals surface area (Å²) in [7, 11) is 0. The van der Waals surface area contributed by atoms with Crippen molar-refractivity contribution < 1.29 is 0 Å². The van der Waals surface area contributed by atoms with Crippen LogP contribution < -0.4 is 11.5 Å². The lowest BCUT2D eigenvalue weighted by Crippen LogP contribution is -2.09. The fraction of sp³-hybridized carbons (Fsp3) is 0. The Morgan fingerprint density at radius 3 is 2.27 bits per heavy atom. The van der Waals surface area contributed by atoms with E-state index < -0.39 is 0 Å². The summed E-state index contributed by atoms with van der Waals surface area (Å²) in [5.41, 5.74) is 10.7. The van der Waals surface area contributed by atoms with Crippen molar-refractivity contribution in [3.05, 3.63) is 47.5 Å². The number of thioether (sulfide) groups is 1. The summed E-state index contributed by atoms with van der Waals surface area (Å²) in [4.78, 5) is 0.792. The first-order chi connectivity index (χ1) is 5.22. The summed E-state index contributed by atoms with van der Waals surface area (Å²) in [5.74, 6) is 0.299. The Morgan fingerprint density at radius 2 is 1.91 bits per heavy atom. The van der Waals surface area contributed by atoms with Crippen molar-refractivity contribution in [1.29, 1.82) is 0 Å². The summed E-state index contributed by atoms with van der Waals surface area (Å²) in [5, 5.41) is 1.67. The van der Waals surface area contributed by atoms with Crippen LogP contribution >= 0.6 is 11.8 Å². The molecule has 0 heterocycles. The fourth-order valence-corrected chi connectivity index (χ4v) is 0.922. The Hall–Kier alpha value is -1.09. The highest BCUT2D eigenvalue weighted by atomic mass is 32.2. The summed E-state index contributed by atoms with van der Waals surface area (Å²) in [6.07, 6.45) is 5.22. The van der Waals surface area contributed by atoms with Crippen molar-refractivity contribution in [2.75, 3.05) is 0 Å². The first kappa shape index (κ1) is 9.91. The van der Waals surface area contributed by atoms with Gasteiger partial charge in [-0.05, 0) is 11.5 Å². The normalized spacial score (nSPS) is 9.45. The van der Waals surface area contributed by atoms with Gasteiger partial charge in [0.1, 0.15) is 5.82 Å². The van der Waals surface area contributed by atoms with Gasteiger partial charge in [0.05, 0.1) is 4.91 Å². The zero-order chi connectivity index (χ0) is 8.69. The molecule has 0 amide bonds. The molecule has 0 fully saturated rings. The Bertz CT molecular complexity index is 200. The first-order valence-electron chi connectivity index (χ1n) is 3.04. The van der Waals surface area contributed by atoms with Crippen LogP contribution in [0.4, 0.5) is 0 Å². The van der Waals surface area contributed by atoms with E-state index in [0.717, 1.165) is 4.91 Å². The van der Waals surface area contributed by atoms with Crippen LogP contribution in [0.15, 0.2) is 47.5 Å². The third-order valence-corrected chi connectivity index (χ3v) is 1.67. The van der Waals surface area contributed by atoms with E-state index >= 15 is 0 Å². The molecule has 0 aromatic carbocycles. The van der Waals surface area contributed by atoms with Crippen LogP contribution in [0.25, 0.3) is 0 Å². The Morgan fingerprint density at radius 1 is 1.27 bits per heavy atom. The molecule has 60 valence electrons. The van der Waals surface area contributed by atoms with Gasteiger partial charge in [0.25, 0.3) is 0 Å². The SMILES string of the molecule is C=C/C=C\C(SC=C)=C(N)N. The zero-order valence-electron chi connectivity index (χ0n) is 6.29. The van der Waals surface area contributed by atoms with Crippen molar-refractivity contribution in [2.24, 2.45) is 11.5 Å². The Kier molecular flexibility index (Phi) is 5.11.